The molecule has 2 aromatic rings. The maximum atomic E-state index is 12.2. The average Bonchev–Trinajstić information content (AvgIpc) is 2.65. The van der Waals surface area contributed by atoms with E-state index in [-0.39, 0.29) is 18.0 Å². The van der Waals surface area contributed by atoms with Crippen LogP contribution >= 0.6 is 0 Å². The molecule has 0 saturated carbocycles. The van der Waals surface area contributed by atoms with Gasteiger partial charge in [-0.2, -0.15) is 0 Å². The molecule has 0 saturated heterocycles. The Morgan fingerprint density at radius 2 is 1.62 bits per heavy atom. The van der Waals surface area contributed by atoms with Crippen LogP contribution in [0.4, 0.5) is 0 Å². The summed E-state index contributed by atoms with van der Waals surface area (Å²) >= 11 is 0. The van der Waals surface area contributed by atoms with E-state index in [0.717, 1.165) is 16.9 Å². The molecule has 4 nitrogen and oxygen atoms in total. The van der Waals surface area contributed by atoms with Crippen LogP contribution in [0.25, 0.3) is 0 Å². The number of hydrogen-bond acceptors (Lipinski definition) is 4. The van der Waals surface area contributed by atoms with Crippen molar-refractivity contribution in [3.05, 3.63) is 65.7 Å². The van der Waals surface area contributed by atoms with E-state index in [0.29, 0.717) is 13.0 Å². The summed E-state index contributed by atoms with van der Waals surface area (Å²) in [4.78, 5) is 12.2. The van der Waals surface area contributed by atoms with Crippen LogP contribution in [0.1, 0.15) is 18.1 Å². The standard InChI is InChI=1S/C20H24O4/c1-15(24-14-17-7-5-4-6-8-17)19(20(21)23-3)13-16-9-11-18(22-2)12-10-16/h4-12,15,19H,13-14H2,1-3H3/t15-,19-/m0/s1. The topological polar surface area (TPSA) is 44.8 Å². The molecule has 0 unspecified atom stereocenters. The van der Waals surface area contributed by atoms with Crippen molar-refractivity contribution in [2.45, 2.75) is 26.1 Å². The molecule has 0 aromatic heterocycles. The van der Waals surface area contributed by atoms with Crippen molar-refractivity contribution in [2.75, 3.05) is 14.2 Å². The van der Waals surface area contributed by atoms with Crippen molar-refractivity contribution < 1.29 is 19.0 Å². The SMILES string of the molecule is COC(=O)[C@@H](Cc1ccc(OC)cc1)[C@H](C)OCc1ccccc1. The number of benzene rings is 2. The normalized spacial score (nSPS) is 13.1. The van der Waals surface area contributed by atoms with Crippen molar-refractivity contribution in [1.82, 2.24) is 0 Å². The molecule has 0 spiro atoms. The lowest BCUT2D eigenvalue weighted by Gasteiger charge is -2.22. The van der Waals surface area contributed by atoms with E-state index in [1.165, 1.54) is 7.11 Å². The fraction of sp³-hybridized carbons (Fsp3) is 0.350. The third-order valence-corrected chi connectivity index (χ3v) is 4.04. The van der Waals surface area contributed by atoms with Crippen LogP contribution in [-0.2, 0) is 27.3 Å². The summed E-state index contributed by atoms with van der Waals surface area (Å²) in [7, 11) is 3.04. The van der Waals surface area contributed by atoms with Gasteiger partial charge in [-0.3, -0.25) is 4.79 Å². The maximum Gasteiger partial charge on any atom is 0.311 e. The van der Waals surface area contributed by atoms with Crippen LogP contribution in [0.3, 0.4) is 0 Å². The summed E-state index contributed by atoms with van der Waals surface area (Å²) in [5.41, 5.74) is 2.12. The number of esters is 1. The van der Waals surface area contributed by atoms with E-state index in [1.54, 1.807) is 7.11 Å². The number of ether oxygens (including phenoxy) is 3. The van der Waals surface area contributed by atoms with Crippen molar-refractivity contribution in [3.63, 3.8) is 0 Å². The van der Waals surface area contributed by atoms with Crippen LogP contribution in [0.15, 0.2) is 54.6 Å². The molecule has 2 aromatic carbocycles. The number of hydrogen-bond donors (Lipinski definition) is 0. The lowest BCUT2D eigenvalue weighted by atomic mass is 9.94. The second-order valence-electron chi connectivity index (χ2n) is 5.68. The Morgan fingerprint density at radius 1 is 0.958 bits per heavy atom. The third-order valence-electron chi connectivity index (χ3n) is 4.04. The van der Waals surface area contributed by atoms with Crippen molar-refractivity contribution in [2.24, 2.45) is 5.92 Å². The van der Waals surface area contributed by atoms with Gasteiger partial charge in [-0.1, -0.05) is 42.5 Å². The molecule has 2 atom stereocenters. The molecule has 0 heterocycles. The van der Waals surface area contributed by atoms with E-state index < -0.39 is 0 Å². The van der Waals surface area contributed by atoms with Crippen LogP contribution < -0.4 is 4.74 Å². The lowest BCUT2D eigenvalue weighted by Crippen LogP contribution is -2.31. The first-order chi connectivity index (χ1) is 11.6. The van der Waals surface area contributed by atoms with Crippen LogP contribution in [0, 0.1) is 5.92 Å². The Morgan fingerprint density at radius 3 is 2.21 bits per heavy atom. The molecule has 0 N–H and O–H groups in total. The highest BCUT2D eigenvalue weighted by molar-refractivity contribution is 5.73. The van der Waals surface area contributed by atoms with Crippen LogP contribution in [-0.4, -0.2) is 26.3 Å². The van der Waals surface area contributed by atoms with Gasteiger partial charge in [0.25, 0.3) is 0 Å². The molecular formula is C20H24O4. The summed E-state index contributed by atoms with van der Waals surface area (Å²) in [6.45, 7) is 2.38. The maximum absolute atomic E-state index is 12.2. The largest absolute Gasteiger partial charge is 0.497 e. The van der Waals surface area contributed by atoms with Crippen molar-refractivity contribution in [1.29, 1.82) is 0 Å². The fourth-order valence-electron chi connectivity index (χ4n) is 2.53. The molecule has 4 heteroatoms. The number of carbonyl (C=O) groups excluding carboxylic acids is 1. The molecule has 0 radical (unpaired) electrons. The molecule has 0 aliphatic carbocycles. The highest BCUT2D eigenvalue weighted by Gasteiger charge is 2.27. The van der Waals surface area contributed by atoms with Gasteiger partial charge in [-0.05, 0) is 36.6 Å². The summed E-state index contributed by atoms with van der Waals surface area (Å²) in [6, 6.07) is 17.6. The Balaban J connectivity index is 2.02. The van der Waals surface area contributed by atoms with E-state index in [4.69, 9.17) is 14.2 Å². The van der Waals surface area contributed by atoms with Gasteiger partial charge in [0.05, 0.1) is 32.8 Å². The molecular weight excluding hydrogens is 304 g/mol. The van der Waals surface area contributed by atoms with E-state index in [9.17, 15) is 4.79 Å². The van der Waals surface area contributed by atoms with Crippen molar-refractivity contribution >= 4 is 5.97 Å². The van der Waals surface area contributed by atoms with Gasteiger partial charge < -0.3 is 14.2 Å². The zero-order valence-corrected chi connectivity index (χ0v) is 14.4. The summed E-state index contributed by atoms with van der Waals surface area (Å²) < 4.78 is 16.0. The van der Waals surface area contributed by atoms with Gasteiger partial charge >= 0.3 is 5.97 Å². The average molecular weight is 328 g/mol. The molecule has 0 amide bonds. The van der Waals surface area contributed by atoms with Gasteiger partial charge in [-0.25, -0.2) is 0 Å². The molecule has 0 aliphatic heterocycles. The third kappa shape index (κ3) is 5.10. The summed E-state index contributed by atoms with van der Waals surface area (Å²) in [5.74, 6) is 0.181. The van der Waals surface area contributed by atoms with Gasteiger partial charge in [0.1, 0.15) is 5.75 Å². The highest BCUT2D eigenvalue weighted by atomic mass is 16.5. The van der Waals surface area contributed by atoms with Gasteiger partial charge in [-0.15, -0.1) is 0 Å². The minimum atomic E-state index is -0.355. The lowest BCUT2D eigenvalue weighted by molar-refractivity contribution is -0.151. The highest BCUT2D eigenvalue weighted by Crippen LogP contribution is 2.20. The Kier molecular flexibility index (Phi) is 6.82. The Bertz CT molecular complexity index is 622. The van der Waals surface area contributed by atoms with Crippen molar-refractivity contribution in [3.8, 4) is 5.75 Å². The summed E-state index contributed by atoms with van der Waals surface area (Å²) in [5, 5.41) is 0. The predicted octanol–water partition coefficient (Wildman–Crippen LogP) is 3.63. The molecule has 128 valence electrons. The van der Waals surface area contributed by atoms with E-state index in [1.807, 2.05) is 61.5 Å². The van der Waals surface area contributed by atoms with E-state index >= 15 is 0 Å². The first-order valence-corrected chi connectivity index (χ1v) is 8.00. The van der Waals surface area contributed by atoms with E-state index in [2.05, 4.69) is 0 Å². The number of rotatable bonds is 8. The molecule has 2 rings (SSSR count). The minimum Gasteiger partial charge on any atom is -0.497 e. The van der Waals surface area contributed by atoms with Gasteiger partial charge in [0, 0.05) is 0 Å². The smallest absolute Gasteiger partial charge is 0.311 e. The molecule has 0 fully saturated rings. The predicted molar refractivity (Wildman–Crippen MR) is 92.9 cm³/mol. The monoisotopic (exact) mass is 328 g/mol. The second kappa shape index (κ2) is 9.08. The molecule has 0 aliphatic rings. The first kappa shape index (κ1) is 18.0. The first-order valence-electron chi connectivity index (χ1n) is 8.00. The minimum absolute atomic E-state index is 0.250. The zero-order chi connectivity index (χ0) is 17.4. The number of methoxy groups -OCH3 is 2. The Hall–Kier alpha value is -2.33. The molecule has 24 heavy (non-hydrogen) atoms. The van der Waals surface area contributed by atoms with Crippen LogP contribution in [0.2, 0.25) is 0 Å². The summed E-state index contributed by atoms with van der Waals surface area (Å²) in [6.07, 6.45) is 0.312. The number of carbonyl (C=O) groups is 1. The zero-order valence-electron chi connectivity index (χ0n) is 14.4. The van der Waals surface area contributed by atoms with Gasteiger partial charge in [0.2, 0.25) is 0 Å². The fourth-order valence-corrected chi connectivity index (χ4v) is 2.53. The quantitative estimate of drug-likeness (QED) is 0.694. The van der Waals surface area contributed by atoms with Crippen LogP contribution in [0.5, 0.6) is 5.75 Å². The second-order valence-corrected chi connectivity index (χ2v) is 5.68. The Labute approximate surface area is 143 Å². The van der Waals surface area contributed by atoms with Gasteiger partial charge in [0.15, 0.2) is 0 Å². The molecule has 0 bridgehead atoms.